The first-order valence-corrected chi connectivity index (χ1v) is 9.73. The molecule has 0 saturated carbocycles. The second-order valence-corrected chi connectivity index (χ2v) is 7.28. The molecule has 150 valence electrons. The molecular weight excluding hydrogens is 400 g/mol. The van der Waals surface area contributed by atoms with E-state index >= 15 is 0 Å². The number of aryl methyl sites for hydroxylation is 1. The van der Waals surface area contributed by atoms with E-state index in [-0.39, 0.29) is 5.70 Å². The van der Waals surface area contributed by atoms with Gasteiger partial charge < -0.3 is 10.1 Å². The Bertz CT molecular complexity index is 1150. The van der Waals surface area contributed by atoms with Crippen LogP contribution in [0.2, 0.25) is 5.02 Å². The van der Waals surface area contributed by atoms with Gasteiger partial charge in [0.25, 0.3) is 11.8 Å². The summed E-state index contributed by atoms with van der Waals surface area (Å²) in [4.78, 5) is 28.0. The molecule has 6 heteroatoms. The van der Waals surface area contributed by atoms with Crippen molar-refractivity contribution >= 4 is 40.4 Å². The molecule has 0 fully saturated rings. The van der Waals surface area contributed by atoms with Gasteiger partial charge in [0, 0.05) is 10.7 Å². The van der Waals surface area contributed by atoms with Crippen LogP contribution in [0.4, 0.5) is 11.4 Å². The Labute approximate surface area is 179 Å². The zero-order valence-corrected chi connectivity index (χ0v) is 17.2. The Morgan fingerprint density at radius 1 is 0.900 bits per heavy atom. The highest BCUT2D eigenvalue weighted by Gasteiger charge is 2.40. The molecule has 0 radical (unpaired) electrons. The first kappa shape index (κ1) is 19.7. The van der Waals surface area contributed by atoms with Gasteiger partial charge in [-0.2, -0.15) is 0 Å². The maximum Gasteiger partial charge on any atom is 0.282 e. The van der Waals surface area contributed by atoms with E-state index in [1.54, 1.807) is 49.6 Å². The normalized spacial score (nSPS) is 13.8. The summed E-state index contributed by atoms with van der Waals surface area (Å²) in [7, 11) is 1.59. The van der Waals surface area contributed by atoms with Gasteiger partial charge in [0.05, 0.1) is 18.4 Å². The number of nitrogens with one attached hydrogen (secondary N) is 1. The van der Waals surface area contributed by atoms with E-state index in [4.69, 9.17) is 16.3 Å². The van der Waals surface area contributed by atoms with E-state index < -0.39 is 11.8 Å². The van der Waals surface area contributed by atoms with Gasteiger partial charge in [-0.3, -0.25) is 9.59 Å². The third-order valence-electron chi connectivity index (χ3n) is 4.92. The number of methoxy groups -OCH3 is 1. The van der Waals surface area contributed by atoms with Crippen molar-refractivity contribution in [3.05, 3.63) is 94.6 Å². The number of nitrogens with zero attached hydrogens (tertiary/aromatic N) is 1. The number of benzene rings is 3. The molecule has 30 heavy (non-hydrogen) atoms. The molecule has 1 aliphatic heterocycles. The quantitative estimate of drug-likeness (QED) is 0.589. The lowest BCUT2D eigenvalue weighted by atomic mass is 10.0. The Hall–Kier alpha value is -3.57. The number of anilines is 2. The number of imide groups is 1. The average Bonchev–Trinajstić information content (AvgIpc) is 3.00. The standard InChI is InChI=1S/C24H19ClN2O3/c1-15-8-9-17(25)14-20(15)27-23(28)21(16-6-4-3-5-7-16)22(24(27)29)26-18-10-12-19(30-2)13-11-18/h3-14,26H,1-2H3. The van der Waals surface area contributed by atoms with Crippen LogP contribution in [-0.2, 0) is 9.59 Å². The van der Waals surface area contributed by atoms with Crippen molar-refractivity contribution in [2.45, 2.75) is 6.92 Å². The fourth-order valence-corrected chi connectivity index (χ4v) is 3.55. The Morgan fingerprint density at radius 2 is 1.60 bits per heavy atom. The Balaban J connectivity index is 1.81. The maximum absolute atomic E-state index is 13.4. The van der Waals surface area contributed by atoms with Gasteiger partial charge in [0.1, 0.15) is 11.4 Å². The van der Waals surface area contributed by atoms with Crippen LogP contribution in [0.25, 0.3) is 5.57 Å². The minimum atomic E-state index is -0.431. The summed E-state index contributed by atoms with van der Waals surface area (Å²) in [5.41, 5.74) is 3.11. The minimum Gasteiger partial charge on any atom is -0.497 e. The van der Waals surface area contributed by atoms with Crippen molar-refractivity contribution < 1.29 is 14.3 Å². The monoisotopic (exact) mass is 418 g/mol. The summed E-state index contributed by atoms with van der Waals surface area (Å²) in [5.74, 6) is -0.129. The van der Waals surface area contributed by atoms with Crippen LogP contribution in [0.3, 0.4) is 0 Å². The number of hydrogen-bond acceptors (Lipinski definition) is 4. The van der Waals surface area contributed by atoms with Crippen LogP contribution in [-0.4, -0.2) is 18.9 Å². The van der Waals surface area contributed by atoms with E-state index in [9.17, 15) is 9.59 Å². The highest BCUT2D eigenvalue weighted by atomic mass is 35.5. The highest BCUT2D eigenvalue weighted by Crippen LogP contribution is 2.36. The lowest BCUT2D eigenvalue weighted by Gasteiger charge is -2.18. The van der Waals surface area contributed by atoms with Gasteiger partial charge in [-0.05, 0) is 54.4 Å². The van der Waals surface area contributed by atoms with Crippen LogP contribution >= 0.6 is 11.6 Å². The van der Waals surface area contributed by atoms with Crippen molar-refractivity contribution in [2.75, 3.05) is 17.3 Å². The van der Waals surface area contributed by atoms with Gasteiger partial charge in [-0.25, -0.2) is 4.90 Å². The fourth-order valence-electron chi connectivity index (χ4n) is 3.38. The molecule has 2 amide bonds. The summed E-state index contributed by atoms with van der Waals surface area (Å²) in [6.07, 6.45) is 0. The van der Waals surface area contributed by atoms with Crippen LogP contribution in [0.1, 0.15) is 11.1 Å². The molecule has 0 atom stereocenters. The van der Waals surface area contributed by atoms with Gasteiger partial charge in [0.15, 0.2) is 0 Å². The summed E-state index contributed by atoms with van der Waals surface area (Å²) in [6.45, 7) is 1.84. The number of halogens is 1. The number of carbonyl (C=O) groups excluding carboxylic acids is 2. The average molecular weight is 419 g/mol. The minimum absolute atomic E-state index is 0.218. The topological polar surface area (TPSA) is 58.6 Å². The molecule has 0 aromatic heterocycles. The molecule has 3 aromatic carbocycles. The van der Waals surface area contributed by atoms with Crippen LogP contribution in [0.15, 0.2) is 78.5 Å². The zero-order valence-electron chi connectivity index (χ0n) is 16.5. The van der Waals surface area contributed by atoms with Crippen molar-refractivity contribution in [1.82, 2.24) is 0 Å². The van der Waals surface area contributed by atoms with Crippen molar-refractivity contribution in [3.63, 3.8) is 0 Å². The number of amides is 2. The van der Waals surface area contributed by atoms with Crippen LogP contribution in [0.5, 0.6) is 5.75 Å². The molecule has 0 spiro atoms. The van der Waals surface area contributed by atoms with Crippen molar-refractivity contribution in [1.29, 1.82) is 0 Å². The molecule has 5 nitrogen and oxygen atoms in total. The van der Waals surface area contributed by atoms with Gasteiger partial charge in [-0.1, -0.05) is 48.0 Å². The summed E-state index contributed by atoms with van der Waals surface area (Å²) < 4.78 is 5.19. The molecule has 1 heterocycles. The molecule has 0 unspecified atom stereocenters. The van der Waals surface area contributed by atoms with E-state index in [1.165, 1.54) is 4.90 Å². The molecule has 4 rings (SSSR count). The van der Waals surface area contributed by atoms with Crippen molar-refractivity contribution in [2.24, 2.45) is 0 Å². The zero-order chi connectivity index (χ0) is 21.3. The Kier molecular flexibility index (Phi) is 5.29. The first-order valence-electron chi connectivity index (χ1n) is 9.35. The number of hydrogen-bond donors (Lipinski definition) is 1. The maximum atomic E-state index is 13.4. The number of ether oxygens (including phenoxy) is 1. The van der Waals surface area contributed by atoms with Gasteiger partial charge in [-0.15, -0.1) is 0 Å². The highest BCUT2D eigenvalue weighted by molar-refractivity contribution is 6.46. The number of rotatable bonds is 5. The predicted octanol–water partition coefficient (Wildman–Crippen LogP) is 5.05. The second kappa shape index (κ2) is 8.05. The van der Waals surface area contributed by atoms with Crippen LogP contribution in [0, 0.1) is 6.92 Å². The lowest BCUT2D eigenvalue weighted by Crippen LogP contribution is -2.33. The summed E-state index contributed by atoms with van der Waals surface area (Å²) in [6, 6.07) is 21.4. The molecule has 0 saturated heterocycles. The van der Waals surface area contributed by atoms with Crippen molar-refractivity contribution in [3.8, 4) is 5.75 Å². The molecule has 0 bridgehead atoms. The van der Waals surface area contributed by atoms with E-state index in [2.05, 4.69) is 5.32 Å². The van der Waals surface area contributed by atoms with E-state index in [0.717, 1.165) is 5.56 Å². The predicted molar refractivity (Wildman–Crippen MR) is 119 cm³/mol. The molecular formula is C24H19ClN2O3. The fraction of sp³-hybridized carbons (Fsp3) is 0.0833. The lowest BCUT2D eigenvalue weighted by molar-refractivity contribution is -0.120. The largest absolute Gasteiger partial charge is 0.497 e. The second-order valence-electron chi connectivity index (χ2n) is 6.85. The molecule has 3 aromatic rings. The van der Waals surface area contributed by atoms with Crippen LogP contribution < -0.4 is 15.0 Å². The summed E-state index contributed by atoms with van der Waals surface area (Å²) >= 11 is 6.15. The third kappa shape index (κ3) is 3.55. The van der Waals surface area contributed by atoms with Gasteiger partial charge >= 0.3 is 0 Å². The number of carbonyl (C=O) groups is 2. The summed E-state index contributed by atoms with van der Waals surface area (Å²) in [5, 5.41) is 3.59. The smallest absolute Gasteiger partial charge is 0.282 e. The first-order chi connectivity index (χ1) is 14.5. The molecule has 1 aliphatic rings. The van der Waals surface area contributed by atoms with Gasteiger partial charge in [0.2, 0.25) is 0 Å². The molecule has 0 aliphatic carbocycles. The Morgan fingerprint density at radius 3 is 2.27 bits per heavy atom. The van der Waals surface area contributed by atoms with E-state index in [0.29, 0.717) is 33.3 Å². The third-order valence-corrected chi connectivity index (χ3v) is 5.15. The van der Waals surface area contributed by atoms with E-state index in [1.807, 2.05) is 37.3 Å². The molecule has 1 N–H and O–H groups in total. The SMILES string of the molecule is COc1ccc(NC2=C(c3ccccc3)C(=O)N(c3cc(Cl)ccc3C)C2=O)cc1.